The zero-order chi connectivity index (χ0) is 15.3. The molecule has 21 heavy (non-hydrogen) atoms. The third kappa shape index (κ3) is 4.34. The number of piperidine rings is 1. The maximum Gasteiger partial charge on any atom is 0.243 e. The Kier molecular flexibility index (Phi) is 5.45. The van der Waals surface area contributed by atoms with E-state index in [-0.39, 0.29) is 16.9 Å². The lowest BCUT2D eigenvalue weighted by Crippen LogP contribution is -2.44. The second-order valence-electron chi connectivity index (χ2n) is 5.18. The van der Waals surface area contributed by atoms with E-state index in [1.165, 1.54) is 31.7 Å². The summed E-state index contributed by atoms with van der Waals surface area (Å²) < 4.78 is 26.9. The van der Waals surface area contributed by atoms with Crippen LogP contribution >= 0.6 is 0 Å². The van der Waals surface area contributed by atoms with Crippen LogP contribution in [0.3, 0.4) is 0 Å². The lowest BCUT2D eigenvalue weighted by atomic mass is 10.1. The molecule has 1 saturated heterocycles. The molecule has 1 aromatic rings. The van der Waals surface area contributed by atoms with Gasteiger partial charge in [-0.15, -0.1) is 0 Å². The van der Waals surface area contributed by atoms with Crippen molar-refractivity contribution >= 4 is 16.0 Å². The summed E-state index contributed by atoms with van der Waals surface area (Å²) in [4.78, 5) is 9.95. The Morgan fingerprint density at radius 1 is 1.29 bits per heavy atom. The highest BCUT2D eigenvalue weighted by atomic mass is 32.2. The highest BCUT2D eigenvalue weighted by molar-refractivity contribution is 7.89. The Morgan fingerprint density at radius 2 is 1.90 bits per heavy atom. The van der Waals surface area contributed by atoms with Gasteiger partial charge in [0.1, 0.15) is 4.90 Å². The highest BCUT2D eigenvalue weighted by Gasteiger charge is 2.20. The number of nitrogens with zero attached hydrogens (tertiary/aromatic N) is 3. The Balaban J connectivity index is 1.93. The Labute approximate surface area is 125 Å². The molecule has 8 nitrogen and oxygen atoms in total. The normalized spacial score (nSPS) is 18.4. The molecule has 1 aromatic heterocycles. The summed E-state index contributed by atoms with van der Waals surface area (Å²) in [5.74, 6) is 5.32. The van der Waals surface area contributed by atoms with Gasteiger partial charge in [0.15, 0.2) is 0 Å². The first kappa shape index (κ1) is 16.1. The number of nitrogen functional groups attached to an aromatic ring is 1. The van der Waals surface area contributed by atoms with Gasteiger partial charge in [0.05, 0.1) is 12.4 Å². The van der Waals surface area contributed by atoms with Crippen molar-refractivity contribution in [1.29, 1.82) is 0 Å². The van der Waals surface area contributed by atoms with Gasteiger partial charge in [-0.2, -0.15) is 0 Å². The van der Waals surface area contributed by atoms with Crippen LogP contribution in [0.1, 0.15) is 26.2 Å². The van der Waals surface area contributed by atoms with Crippen LogP contribution < -0.4 is 16.0 Å². The largest absolute Gasteiger partial charge is 0.299 e. The van der Waals surface area contributed by atoms with Crippen LogP contribution in [0.25, 0.3) is 0 Å². The number of hydrazine groups is 1. The van der Waals surface area contributed by atoms with E-state index in [4.69, 9.17) is 5.84 Å². The number of anilines is 1. The van der Waals surface area contributed by atoms with Gasteiger partial charge in [-0.3, -0.25) is 10.3 Å². The van der Waals surface area contributed by atoms with E-state index in [1.807, 2.05) is 6.92 Å². The molecule has 1 aliphatic rings. The van der Waals surface area contributed by atoms with E-state index in [2.05, 4.69) is 25.0 Å². The van der Waals surface area contributed by atoms with Gasteiger partial charge in [-0.05, 0) is 32.9 Å². The molecule has 9 heteroatoms. The van der Waals surface area contributed by atoms with Gasteiger partial charge >= 0.3 is 0 Å². The summed E-state index contributed by atoms with van der Waals surface area (Å²) in [6, 6.07) is 0.172. The average molecular weight is 314 g/mol. The lowest BCUT2D eigenvalue weighted by molar-refractivity contribution is 0.175. The van der Waals surface area contributed by atoms with Crippen molar-refractivity contribution < 1.29 is 8.42 Å². The number of rotatable bonds is 6. The summed E-state index contributed by atoms with van der Waals surface area (Å²) in [5.41, 5.74) is 2.25. The fraction of sp³-hybridized carbons (Fsp3) is 0.667. The molecule has 1 aliphatic heterocycles. The summed E-state index contributed by atoms with van der Waals surface area (Å²) in [6.45, 7) is 4.47. The molecule has 2 rings (SSSR count). The third-order valence-corrected chi connectivity index (χ3v) is 5.03. The van der Waals surface area contributed by atoms with E-state index >= 15 is 0 Å². The topological polar surface area (TPSA) is 113 Å². The number of sulfonamides is 1. The summed E-state index contributed by atoms with van der Waals surface area (Å²) in [5, 5.41) is 0. The van der Waals surface area contributed by atoms with Gasteiger partial charge in [0, 0.05) is 12.6 Å². The van der Waals surface area contributed by atoms with Crippen molar-refractivity contribution in [3.8, 4) is 0 Å². The van der Waals surface area contributed by atoms with Crippen LogP contribution in [0.15, 0.2) is 17.3 Å². The second-order valence-corrected chi connectivity index (χ2v) is 6.95. The van der Waals surface area contributed by atoms with Crippen molar-refractivity contribution in [1.82, 2.24) is 19.6 Å². The number of aromatic nitrogens is 2. The predicted octanol–water partition coefficient (Wildman–Crippen LogP) is -0.0851. The first-order valence-corrected chi connectivity index (χ1v) is 8.53. The van der Waals surface area contributed by atoms with Crippen LogP contribution in [-0.4, -0.2) is 49.0 Å². The maximum absolute atomic E-state index is 12.2. The summed E-state index contributed by atoms with van der Waals surface area (Å²) >= 11 is 0. The van der Waals surface area contributed by atoms with Crippen molar-refractivity contribution in [3.05, 3.63) is 12.4 Å². The molecule has 2 heterocycles. The van der Waals surface area contributed by atoms with Crippen LogP contribution in [0.2, 0.25) is 0 Å². The molecule has 0 bridgehead atoms. The highest BCUT2D eigenvalue weighted by Crippen LogP contribution is 2.12. The Morgan fingerprint density at radius 3 is 2.48 bits per heavy atom. The quantitative estimate of drug-likeness (QED) is 0.497. The van der Waals surface area contributed by atoms with E-state index in [1.54, 1.807) is 0 Å². The number of likely N-dealkylation sites (tertiary alicyclic amines) is 1. The first-order chi connectivity index (χ1) is 10.0. The van der Waals surface area contributed by atoms with Gasteiger partial charge in [0.25, 0.3) is 0 Å². The fourth-order valence-electron chi connectivity index (χ4n) is 2.33. The molecule has 1 atom stereocenters. The fourth-order valence-corrected chi connectivity index (χ4v) is 3.34. The number of nitrogens with two attached hydrogens (primary N) is 1. The molecule has 0 spiro atoms. The predicted molar refractivity (Wildman–Crippen MR) is 79.9 cm³/mol. The Hall–Kier alpha value is -1.29. The van der Waals surface area contributed by atoms with Crippen LogP contribution in [-0.2, 0) is 10.0 Å². The zero-order valence-corrected chi connectivity index (χ0v) is 12.9. The van der Waals surface area contributed by atoms with E-state index in [0.717, 1.165) is 13.1 Å². The molecular weight excluding hydrogens is 292 g/mol. The minimum absolute atomic E-state index is 0.0346. The van der Waals surface area contributed by atoms with Gasteiger partial charge in [0.2, 0.25) is 16.0 Å². The van der Waals surface area contributed by atoms with E-state index in [9.17, 15) is 8.42 Å². The smallest absolute Gasteiger partial charge is 0.243 e. The van der Waals surface area contributed by atoms with Crippen LogP contribution in [0.4, 0.5) is 5.95 Å². The first-order valence-electron chi connectivity index (χ1n) is 7.05. The minimum atomic E-state index is -3.59. The van der Waals surface area contributed by atoms with Crippen molar-refractivity contribution in [3.63, 3.8) is 0 Å². The molecular formula is C12H22N6O2S. The molecule has 1 fully saturated rings. The minimum Gasteiger partial charge on any atom is -0.299 e. The molecule has 0 aliphatic carbocycles. The number of nitrogens with one attached hydrogen (secondary N) is 2. The summed E-state index contributed by atoms with van der Waals surface area (Å²) in [7, 11) is -3.59. The second kappa shape index (κ2) is 7.12. The van der Waals surface area contributed by atoms with E-state index < -0.39 is 10.0 Å². The van der Waals surface area contributed by atoms with E-state index in [0.29, 0.717) is 6.54 Å². The van der Waals surface area contributed by atoms with Crippen molar-refractivity contribution in [2.24, 2.45) is 5.84 Å². The zero-order valence-electron chi connectivity index (χ0n) is 12.1. The molecule has 0 radical (unpaired) electrons. The van der Waals surface area contributed by atoms with Gasteiger partial charge < -0.3 is 0 Å². The van der Waals surface area contributed by atoms with Crippen LogP contribution in [0, 0.1) is 0 Å². The molecule has 1 unspecified atom stereocenters. The SMILES string of the molecule is CC(CNS(=O)(=O)c1cnc(NN)nc1)N1CCCCC1. The monoisotopic (exact) mass is 314 g/mol. The number of hydrogen-bond donors (Lipinski definition) is 3. The standard InChI is InChI=1S/C12H22N6O2S/c1-10(18-5-3-2-4-6-18)7-16-21(19,20)11-8-14-12(17-13)15-9-11/h8-10,16H,2-7,13H2,1H3,(H,14,15,17). The van der Waals surface area contributed by atoms with Crippen molar-refractivity contribution in [2.45, 2.75) is 37.1 Å². The lowest BCUT2D eigenvalue weighted by Gasteiger charge is -2.32. The number of hydrogen-bond acceptors (Lipinski definition) is 7. The summed E-state index contributed by atoms with van der Waals surface area (Å²) in [6.07, 6.45) is 6.08. The van der Waals surface area contributed by atoms with Gasteiger partial charge in [-0.25, -0.2) is 29.0 Å². The molecule has 118 valence electrons. The third-order valence-electron chi connectivity index (χ3n) is 3.65. The van der Waals surface area contributed by atoms with Crippen LogP contribution in [0.5, 0.6) is 0 Å². The maximum atomic E-state index is 12.2. The molecule has 0 saturated carbocycles. The molecule has 0 amide bonds. The van der Waals surface area contributed by atoms with Gasteiger partial charge in [-0.1, -0.05) is 6.42 Å². The van der Waals surface area contributed by atoms with Crippen molar-refractivity contribution in [2.75, 3.05) is 25.1 Å². The Bertz CT molecular complexity index is 541. The molecule has 0 aromatic carbocycles. The average Bonchev–Trinajstić information content (AvgIpc) is 2.53. The molecule has 4 N–H and O–H groups in total.